The molecule has 0 saturated carbocycles. The SMILES string of the molecule is CN1C(=O)N(CCCC(CS(=O)(=O)c2ccc(C(=O)c3ccccc3)cc2)C(=O)O)C(C)(C)C1=O. The van der Waals surface area contributed by atoms with Crippen molar-refractivity contribution >= 4 is 33.5 Å². The van der Waals surface area contributed by atoms with Gasteiger partial charge in [-0.3, -0.25) is 19.3 Å². The minimum atomic E-state index is -3.95. The summed E-state index contributed by atoms with van der Waals surface area (Å²) < 4.78 is 25.8. The molecule has 1 unspecified atom stereocenters. The van der Waals surface area contributed by atoms with Gasteiger partial charge in [0.1, 0.15) is 5.54 Å². The van der Waals surface area contributed by atoms with Crippen LogP contribution in [0.4, 0.5) is 4.79 Å². The van der Waals surface area contributed by atoms with E-state index in [2.05, 4.69) is 0 Å². The number of hydrogen-bond acceptors (Lipinski definition) is 6. The first kappa shape index (κ1) is 26.1. The number of hydrogen-bond donors (Lipinski definition) is 1. The summed E-state index contributed by atoms with van der Waals surface area (Å²) in [7, 11) is -2.56. The topological polar surface area (TPSA) is 129 Å². The predicted octanol–water partition coefficient (Wildman–Crippen LogP) is 2.84. The van der Waals surface area contributed by atoms with Gasteiger partial charge in [-0.05, 0) is 51.0 Å². The van der Waals surface area contributed by atoms with E-state index in [-0.39, 0.29) is 36.0 Å². The molecular weight excluding hydrogens is 472 g/mol. The van der Waals surface area contributed by atoms with Gasteiger partial charge in [-0.25, -0.2) is 13.2 Å². The highest BCUT2D eigenvalue weighted by Crippen LogP contribution is 2.27. The van der Waals surface area contributed by atoms with Crippen molar-refractivity contribution in [3.63, 3.8) is 0 Å². The van der Waals surface area contributed by atoms with Gasteiger partial charge in [-0.1, -0.05) is 30.3 Å². The van der Waals surface area contributed by atoms with Gasteiger partial charge in [0.15, 0.2) is 15.6 Å². The van der Waals surface area contributed by atoms with Gasteiger partial charge < -0.3 is 10.0 Å². The quantitative estimate of drug-likeness (QED) is 0.392. The van der Waals surface area contributed by atoms with Crippen LogP contribution < -0.4 is 0 Å². The number of carboxylic acids is 1. The molecule has 0 radical (unpaired) electrons. The Hall–Kier alpha value is -3.53. The molecule has 1 aliphatic heterocycles. The minimum Gasteiger partial charge on any atom is -0.481 e. The fourth-order valence-electron chi connectivity index (χ4n) is 4.11. The molecule has 1 N–H and O–H groups in total. The van der Waals surface area contributed by atoms with Crippen LogP contribution in [0.1, 0.15) is 42.6 Å². The van der Waals surface area contributed by atoms with Crippen LogP contribution in [0.25, 0.3) is 0 Å². The Labute approximate surface area is 204 Å². The second kappa shape index (κ2) is 9.99. The van der Waals surface area contributed by atoms with Gasteiger partial charge in [-0.2, -0.15) is 0 Å². The van der Waals surface area contributed by atoms with Crippen LogP contribution in [0, 0.1) is 5.92 Å². The van der Waals surface area contributed by atoms with Crippen molar-refractivity contribution in [1.29, 1.82) is 0 Å². The summed E-state index contributed by atoms with van der Waals surface area (Å²) in [4.78, 5) is 51.2. The molecule has 2 aromatic rings. The summed E-state index contributed by atoms with van der Waals surface area (Å²) in [5.74, 6) is -3.68. The number of carboxylic acid groups (broad SMARTS) is 1. The largest absolute Gasteiger partial charge is 0.481 e. The van der Waals surface area contributed by atoms with Crippen LogP contribution in [0.3, 0.4) is 0 Å². The van der Waals surface area contributed by atoms with Gasteiger partial charge >= 0.3 is 12.0 Å². The normalized spacial score (nSPS) is 16.4. The Morgan fingerprint density at radius 1 is 0.971 bits per heavy atom. The highest BCUT2D eigenvalue weighted by atomic mass is 32.2. The zero-order valence-corrected chi connectivity index (χ0v) is 20.6. The van der Waals surface area contributed by atoms with Crippen LogP contribution in [0.15, 0.2) is 59.5 Å². The summed E-state index contributed by atoms with van der Waals surface area (Å²) in [6.07, 6.45) is 0.226. The second-order valence-electron chi connectivity index (χ2n) is 9.04. The van der Waals surface area contributed by atoms with Crippen LogP contribution in [0.5, 0.6) is 0 Å². The van der Waals surface area contributed by atoms with E-state index in [0.717, 1.165) is 4.90 Å². The van der Waals surface area contributed by atoms with Crippen molar-refractivity contribution in [2.24, 2.45) is 5.92 Å². The van der Waals surface area contributed by atoms with Crippen molar-refractivity contribution in [1.82, 2.24) is 9.80 Å². The lowest BCUT2D eigenvalue weighted by Crippen LogP contribution is -2.44. The molecule has 10 heteroatoms. The number of nitrogens with zero attached hydrogens (tertiary/aromatic N) is 2. The number of ketones is 1. The van der Waals surface area contributed by atoms with Gasteiger partial charge in [0.05, 0.1) is 16.6 Å². The number of aliphatic carboxylic acids is 1. The maximum Gasteiger partial charge on any atom is 0.327 e. The van der Waals surface area contributed by atoms with E-state index in [1.165, 1.54) is 36.2 Å². The first-order valence-corrected chi connectivity index (χ1v) is 12.8. The highest BCUT2D eigenvalue weighted by molar-refractivity contribution is 7.91. The molecule has 1 heterocycles. The smallest absolute Gasteiger partial charge is 0.327 e. The zero-order valence-electron chi connectivity index (χ0n) is 19.8. The molecule has 1 saturated heterocycles. The molecule has 1 fully saturated rings. The molecule has 3 rings (SSSR count). The van der Waals surface area contributed by atoms with E-state index < -0.39 is 39.0 Å². The number of carbonyl (C=O) groups excluding carboxylic acids is 3. The monoisotopic (exact) mass is 500 g/mol. The molecule has 186 valence electrons. The maximum atomic E-state index is 12.9. The van der Waals surface area contributed by atoms with Crippen LogP contribution in [0.2, 0.25) is 0 Å². The van der Waals surface area contributed by atoms with Crippen molar-refractivity contribution in [3.8, 4) is 0 Å². The summed E-state index contributed by atoms with van der Waals surface area (Å²) in [6.45, 7) is 3.35. The van der Waals surface area contributed by atoms with Gasteiger partial charge in [0.2, 0.25) is 0 Å². The minimum absolute atomic E-state index is 0.0108. The molecular formula is C25H28N2O7S. The van der Waals surface area contributed by atoms with E-state index in [0.29, 0.717) is 11.1 Å². The van der Waals surface area contributed by atoms with Gasteiger partial charge in [0.25, 0.3) is 5.91 Å². The van der Waals surface area contributed by atoms with E-state index in [9.17, 15) is 32.7 Å². The lowest BCUT2D eigenvalue weighted by atomic mass is 10.0. The number of rotatable bonds is 10. The van der Waals surface area contributed by atoms with Crippen molar-refractivity contribution in [2.75, 3.05) is 19.3 Å². The van der Waals surface area contributed by atoms with Gasteiger partial charge in [-0.15, -0.1) is 0 Å². The van der Waals surface area contributed by atoms with E-state index in [1.54, 1.807) is 44.2 Å². The standard InChI is InChI=1S/C25H28N2O7S/c1-25(2)23(31)26(3)24(32)27(25)15-7-10-19(22(29)30)16-35(33,34)20-13-11-18(12-14-20)21(28)17-8-5-4-6-9-17/h4-6,8-9,11-14,19H,7,10,15-16H2,1-3H3,(H,29,30). The molecule has 2 aromatic carbocycles. The fraction of sp³-hybridized carbons (Fsp3) is 0.360. The lowest BCUT2D eigenvalue weighted by Gasteiger charge is -2.28. The third-order valence-corrected chi connectivity index (χ3v) is 8.07. The first-order chi connectivity index (χ1) is 16.4. The highest BCUT2D eigenvalue weighted by Gasteiger charge is 2.49. The van der Waals surface area contributed by atoms with Gasteiger partial charge in [0, 0.05) is 24.7 Å². The van der Waals surface area contributed by atoms with Crippen LogP contribution in [-0.4, -0.2) is 71.9 Å². The molecule has 0 aromatic heterocycles. The summed E-state index contributed by atoms with van der Waals surface area (Å²) in [5.41, 5.74) is -0.251. The number of amides is 3. The lowest BCUT2D eigenvalue weighted by molar-refractivity contribution is -0.141. The van der Waals surface area contributed by atoms with Crippen LogP contribution in [-0.2, 0) is 19.4 Å². The Balaban J connectivity index is 1.66. The second-order valence-corrected chi connectivity index (χ2v) is 11.1. The molecule has 35 heavy (non-hydrogen) atoms. The third-order valence-electron chi connectivity index (χ3n) is 6.24. The van der Waals surface area contributed by atoms with E-state index in [1.807, 2.05) is 0 Å². The number of benzene rings is 2. The number of sulfone groups is 1. The predicted molar refractivity (Wildman–Crippen MR) is 128 cm³/mol. The molecule has 1 aliphatic rings. The Morgan fingerprint density at radius 2 is 1.54 bits per heavy atom. The number of likely N-dealkylation sites (N-methyl/N-ethyl adjacent to an activating group) is 1. The molecule has 1 atom stereocenters. The summed E-state index contributed by atoms with van der Waals surface area (Å²) in [6, 6.07) is 13.5. The van der Waals surface area contributed by atoms with E-state index in [4.69, 9.17) is 0 Å². The molecule has 0 aliphatic carbocycles. The average molecular weight is 501 g/mol. The molecule has 3 amide bonds. The fourth-order valence-corrected chi connectivity index (χ4v) is 5.70. The summed E-state index contributed by atoms with van der Waals surface area (Å²) in [5, 5.41) is 9.61. The Bertz CT molecular complexity index is 1240. The number of carbonyl (C=O) groups is 4. The zero-order chi connectivity index (χ0) is 26.0. The molecule has 0 bridgehead atoms. The Kier molecular flexibility index (Phi) is 7.44. The average Bonchev–Trinajstić information content (AvgIpc) is 2.97. The van der Waals surface area contributed by atoms with Crippen molar-refractivity contribution in [3.05, 3.63) is 65.7 Å². The summed E-state index contributed by atoms with van der Waals surface area (Å²) >= 11 is 0. The number of imide groups is 1. The molecule has 9 nitrogen and oxygen atoms in total. The Morgan fingerprint density at radius 3 is 2.06 bits per heavy atom. The maximum absolute atomic E-state index is 12.9. The van der Waals surface area contributed by atoms with Crippen LogP contribution >= 0.6 is 0 Å². The number of urea groups is 1. The third kappa shape index (κ3) is 5.43. The molecule has 0 spiro atoms. The van der Waals surface area contributed by atoms with Crippen molar-refractivity contribution < 1.29 is 32.7 Å². The van der Waals surface area contributed by atoms with E-state index >= 15 is 0 Å². The first-order valence-electron chi connectivity index (χ1n) is 11.1. The van der Waals surface area contributed by atoms with Crippen molar-refractivity contribution in [2.45, 2.75) is 37.1 Å².